The van der Waals surface area contributed by atoms with E-state index in [0.29, 0.717) is 19.4 Å². The average molecular weight is 346 g/mol. The van der Waals surface area contributed by atoms with Crippen LogP contribution in [0.5, 0.6) is 5.88 Å². The first-order chi connectivity index (χ1) is 11.3. The van der Waals surface area contributed by atoms with Gasteiger partial charge >= 0.3 is 6.18 Å². The van der Waals surface area contributed by atoms with Crippen LogP contribution < -0.4 is 4.74 Å². The van der Waals surface area contributed by atoms with Crippen molar-refractivity contribution in [1.82, 2.24) is 9.88 Å². The molecule has 0 aromatic carbocycles. The highest BCUT2D eigenvalue weighted by Crippen LogP contribution is 2.26. The fraction of sp³-hybridized carbons (Fsp3) is 0.625. The van der Waals surface area contributed by atoms with E-state index in [0.717, 1.165) is 4.90 Å². The van der Waals surface area contributed by atoms with E-state index in [-0.39, 0.29) is 24.2 Å². The molecule has 24 heavy (non-hydrogen) atoms. The Labute approximate surface area is 138 Å². The van der Waals surface area contributed by atoms with Crippen LogP contribution in [0.4, 0.5) is 13.2 Å². The summed E-state index contributed by atoms with van der Waals surface area (Å²) >= 11 is 0. The van der Waals surface area contributed by atoms with Gasteiger partial charge in [-0.3, -0.25) is 4.79 Å². The third-order valence-corrected chi connectivity index (χ3v) is 3.54. The van der Waals surface area contributed by atoms with Crippen LogP contribution in [0.2, 0.25) is 0 Å². The highest BCUT2D eigenvalue weighted by atomic mass is 19.4. The van der Waals surface area contributed by atoms with Gasteiger partial charge in [0.05, 0.1) is 18.8 Å². The molecule has 0 N–H and O–H groups in total. The third-order valence-electron chi connectivity index (χ3n) is 3.54. The normalized spacial score (nSPS) is 18.5. The van der Waals surface area contributed by atoms with E-state index < -0.39 is 24.7 Å². The summed E-state index contributed by atoms with van der Waals surface area (Å²) < 4.78 is 49.6. The molecule has 1 aromatic rings. The molecule has 0 spiro atoms. The molecule has 2 rings (SSSR count). The SMILES string of the molecule is CC(C)Oc1ncccc1C(=O)N(CC(F)(F)F)[C@@H]1CCCOC1. The zero-order chi connectivity index (χ0) is 17.7. The molecule has 1 aliphatic heterocycles. The Morgan fingerprint density at radius 1 is 1.50 bits per heavy atom. The number of pyridine rings is 1. The Kier molecular flexibility index (Phi) is 6.04. The summed E-state index contributed by atoms with van der Waals surface area (Å²) in [6.07, 6.45) is -2.21. The predicted molar refractivity (Wildman–Crippen MR) is 80.9 cm³/mol. The van der Waals surface area contributed by atoms with Gasteiger partial charge in [0, 0.05) is 12.8 Å². The predicted octanol–water partition coefficient (Wildman–Crippen LogP) is 3.05. The molecule has 1 fully saturated rings. The second-order valence-electron chi connectivity index (χ2n) is 5.94. The highest BCUT2D eigenvalue weighted by molar-refractivity contribution is 5.96. The number of aromatic nitrogens is 1. The molecule has 1 saturated heterocycles. The summed E-state index contributed by atoms with van der Waals surface area (Å²) in [6, 6.07) is 2.32. The van der Waals surface area contributed by atoms with Crippen LogP contribution in [-0.2, 0) is 4.74 Å². The second kappa shape index (κ2) is 7.83. The van der Waals surface area contributed by atoms with Crippen molar-refractivity contribution in [3.05, 3.63) is 23.9 Å². The van der Waals surface area contributed by atoms with Gasteiger partial charge in [0.25, 0.3) is 5.91 Å². The van der Waals surface area contributed by atoms with E-state index >= 15 is 0 Å². The molecule has 0 radical (unpaired) electrons. The maximum Gasteiger partial charge on any atom is 0.406 e. The molecule has 8 heteroatoms. The number of carbonyl (C=O) groups is 1. The molecule has 0 saturated carbocycles. The lowest BCUT2D eigenvalue weighted by atomic mass is 10.1. The fourth-order valence-electron chi connectivity index (χ4n) is 2.55. The van der Waals surface area contributed by atoms with Crippen molar-refractivity contribution in [3.63, 3.8) is 0 Å². The molecule has 1 amide bonds. The van der Waals surface area contributed by atoms with Gasteiger partial charge in [-0.1, -0.05) is 0 Å². The minimum absolute atomic E-state index is 0.0287. The second-order valence-corrected chi connectivity index (χ2v) is 5.94. The lowest BCUT2D eigenvalue weighted by Gasteiger charge is -2.35. The van der Waals surface area contributed by atoms with E-state index in [1.807, 2.05) is 0 Å². The smallest absolute Gasteiger partial charge is 0.406 e. The molecule has 5 nitrogen and oxygen atoms in total. The van der Waals surface area contributed by atoms with Gasteiger partial charge in [-0.05, 0) is 38.8 Å². The highest BCUT2D eigenvalue weighted by Gasteiger charge is 2.38. The van der Waals surface area contributed by atoms with Crippen molar-refractivity contribution in [1.29, 1.82) is 0 Å². The van der Waals surface area contributed by atoms with Crippen LogP contribution in [0.3, 0.4) is 0 Å². The van der Waals surface area contributed by atoms with Gasteiger partial charge in [0.1, 0.15) is 12.1 Å². The largest absolute Gasteiger partial charge is 0.474 e. The van der Waals surface area contributed by atoms with Crippen LogP contribution in [-0.4, -0.2) is 53.9 Å². The van der Waals surface area contributed by atoms with Crippen LogP contribution in [0.25, 0.3) is 0 Å². The molecule has 1 atom stereocenters. The molecule has 0 aliphatic carbocycles. The first-order valence-electron chi connectivity index (χ1n) is 7.85. The average Bonchev–Trinajstić information content (AvgIpc) is 2.52. The Bertz CT molecular complexity index is 558. The van der Waals surface area contributed by atoms with E-state index in [4.69, 9.17) is 9.47 Å². The summed E-state index contributed by atoms with van der Waals surface area (Å²) in [5, 5.41) is 0. The topological polar surface area (TPSA) is 51.7 Å². The van der Waals surface area contributed by atoms with Crippen molar-refractivity contribution in [3.8, 4) is 5.88 Å². The molecular weight excluding hydrogens is 325 g/mol. The summed E-state index contributed by atoms with van der Waals surface area (Å²) in [7, 11) is 0. The Morgan fingerprint density at radius 3 is 2.83 bits per heavy atom. The molecular formula is C16H21F3N2O3. The number of rotatable bonds is 5. The lowest BCUT2D eigenvalue weighted by molar-refractivity contribution is -0.148. The van der Waals surface area contributed by atoms with Crippen molar-refractivity contribution in [2.45, 2.75) is 45.0 Å². The monoisotopic (exact) mass is 346 g/mol. The van der Waals surface area contributed by atoms with Crippen molar-refractivity contribution >= 4 is 5.91 Å². The lowest BCUT2D eigenvalue weighted by Crippen LogP contribution is -2.49. The quantitative estimate of drug-likeness (QED) is 0.822. The van der Waals surface area contributed by atoms with E-state index in [1.54, 1.807) is 13.8 Å². The molecule has 0 unspecified atom stereocenters. The number of alkyl halides is 3. The number of hydrogen-bond donors (Lipinski definition) is 0. The van der Waals surface area contributed by atoms with E-state index in [9.17, 15) is 18.0 Å². The maximum absolute atomic E-state index is 13.0. The minimum Gasteiger partial charge on any atom is -0.474 e. The van der Waals surface area contributed by atoms with Gasteiger partial charge in [-0.2, -0.15) is 13.2 Å². The molecule has 2 heterocycles. The summed E-state index contributed by atoms with van der Waals surface area (Å²) in [4.78, 5) is 17.6. The number of carbonyl (C=O) groups excluding carboxylic acids is 1. The number of amides is 1. The van der Waals surface area contributed by atoms with E-state index in [1.165, 1.54) is 18.3 Å². The van der Waals surface area contributed by atoms with Gasteiger partial charge < -0.3 is 14.4 Å². The standard InChI is InChI=1S/C16H21F3N2O3/c1-11(2)24-14-13(6-3-7-20-14)15(22)21(10-16(17,18)19)12-5-4-8-23-9-12/h3,6-7,11-12H,4-5,8-10H2,1-2H3/t12-/m1/s1. The van der Waals surface area contributed by atoms with Crippen LogP contribution >= 0.6 is 0 Å². The zero-order valence-electron chi connectivity index (χ0n) is 13.7. The van der Waals surface area contributed by atoms with E-state index in [2.05, 4.69) is 4.98 Å². The molecule has 134 valence electrons. The Balaban J connectivity index is 2.30. The van der Waals surface area contributed by atoms with Crippen molar-refractivity contribution in [2.75, 3.05) is 19.8 Å². The van der Waals surface area contributed by atoms with Crippen molar-refractivity contribution in [2.24, 2.45) is 0 Å². The van der Waals surface area contributed by atoms with Crippen molar-refractivity contribution < 1.29 is 27.4 Å². The number of halogens is 3. The Morgan fingerprint density at radius 2 is 2.25 bits per heavy atom. The fourth-order valence-corrected chi connectivity index (χ4v) is 2.55. The van der Waals surface area contributed by atoms with Crippen LogP contribution in [0.1, 0.15) is 37.0 Å². The maximum atomic E-state index is 13.0. The van der Waals surface area contributed by atoms with Gasteiger partial charge in [0.2, 0.25) is 5.88 Å². The minimum atomic E-state index is -4.49. The number of ether oxygens (including phenoxy) is 2. The van der Waals surface area contributed by atoms with Gasteiger partial charge in [-0.15, -0.1) is 0 Å². The summed E-state index contributed by atoms with van der Waals surface area (Å²) in [5.74, 6) is -0.701. The first-order valence-corrected chi connectivity index (χ1v) is 7.85. The number of nitrogens with zero attached hydrogens (tertiary/aromatic N) is 2. The van der Waals surface area contributed by atoms with Crippen LogP contribution in [0.15, 0.2) is 18.3 Å². The third kappa shape index (κ3) is 5.09. The van der Waals surface area contributed by atoms with Gasteiger partial charge in [0.15, 0.2) is 0 Å². The number of hydrogen-bond acceptors (Lipinski definition) is 4. The summed E-state index contributed by atoms with van der Waals surface area (Å²) in [5.41, 5.74) is 0.0287. The summed E-state index contributed by atoms with van der Waals surface area (Å²) in [6.45, 7) is 2.79. The molecule has 0 bridgehead atoms. The zero-order valence-corrected chi connectivity index (χ0v) is 13.7. The van der Waals surface area contributed by atoms with Gasteiger partial charge in [-0.25, -0.2) is 4.98 Å². The first kappa shape index (κ1) is 18.5. The van der Waals surface area contributed by atoms with Crippen LogP contribution in [0, 0.1) is 0 Å². The Hall–Kier alpha value is -1.83. The molecule has 1 aromatic heterocycles. The molecule has 1 aliphatic rings.